The van der Waals surface area contributed by atoms with Gasteiger partial charge in [-0.1, -0.05) is 30.3 Å². The van der Waals surface area contributed by atoms with Gasteiger partial charge in [0.2, 0.25) is 5.91 Å². The van der Waals surface area contributed by atoms with Gasteiger partial charge in [-0.2, -0.15) is 0 Å². The molecular weight excluding hydrogens is 250 g/mol. The molecule has 1 amide bonds. The smallest absolute Gasteiger partial charge is 0.248 e. The Hall–Kier alpha value is -2.55. The van der Waals surface area contributed by atoms with Crippen LogP contribution in [0.3, 0.4) is 0 Å². The minimum atomic E-state index is -0.193. The lowest BCUT2D eigenvalue weighted by atomic mass is 10.1. The van der Waals surface area contributed by atoms with E-state index in [1.165, 1.54) is 6.08 Å². The highest BCUT2D eigenvalue weighted by Crippen LogP contribution is 2.26. The molecule has 0 radical (unpaired) electrons. The molecule has 3 nitrogen and oxygen atoms in total. The van der Waals surface area contributed by atoms with Crippen LogP contribution in [0.15, 0.2) is 48.5 Å². The Bertz CT molecular complexity index is 646. The first-order chi connectivity index (χ1) is 9.58. The van der Waals surface area contributed by atoms with E-state index < -0.39 is 0 Å². The number of nitrogens with one attached hydrogen (secondary N) is 1. The van der Waals surface area contributed by atoms with Crippen LogP contribution in [-0.2, 0) is 4.79 Å². The number of phenols is 1. The molecule has 0 saturated heterocycles. The Morgan fingerprint density at radius 3 is 2.45 bits per heavy atom. The summed E-state index contributed by atoms with van der Waals surface area (Å²) in [4.78, 5) is 11.9. The van der Waals surface area contributed by atoms with E-state index in [1.54, 1.807) is 18.2 Å². The number of phenolic OH excluding ortho intramolecular Hbond substituents is 1. The van der Waals surface area contributed by atoms with Gasteiger partial charge in [0, 0.05) is 11.8 Å². The molecule has 0 atom stereocenters. The molecule has 0 aromatic heterocycles. The van der Waals surface area contributed by atoms with Crippen LogP contribution in [0.1, 0.15) is 16.7 Å². The Morgan fingerprint density at radius 2 is 1.75 bits per heavy atom. The summed E-state index contributed by atoms with van der Waals surface area (Å²) in [6.45, 7) is 3.69. The van der Waals surface area contributed by atoms with Crippen molar-refractivity contribution in [2.75, 3.05) is 5.32 Å². The van der Waals surface area contributed by atoms with Gasteiger partial charge in [-0.15, -0.1) is 0 Å². The highest BCUT2D eigenvalue weighted by atomic mass is 16.3. The Labute approximate surface area is 118 Å². The van der Waals surface area contributed by atoms with Crippen molar-refractivity contribution in [3.8, 4) is 5.75 Å². The zero-order chi connectivity index (χ0) is 14.5. The van der Waals surface area contributed by atoms with Crippen molar-refractivity contribution >= 4 is 17.7 Å². The summed E-state index contributed by atoms with van der Waals surface area (Å²) in [5, 5.41) is 12.4. The number of carbonyl (C=O) groups is 1. The molecular formula is C17H17NO2. The monoisotopic (exact) mass is 267 g/mol. The second-order valence-corrected chi connectivity index (χ2v) is 4.62. The third-order valence-corrected chi connectivity index (χ3v) is 3.24. The van der Waals surface area contributed by atoms with E-state index >= 15 is 0 Å². The fraction of sp³-hybridized carbons (Fsp3) is 0.118. The maximum Gasteiger partial charge on any atom is 0.248 e. The quantitative estimate of drug-likeness (QED) is 0.658. The van der Waals surface area contributed by atoms with Crippen molar-refractivity contribution in [3.63, 3.8) is 0 Å². The maximum absolute atomic E-state index is 11.9. The molecule has 0 aliphatic carbocycles. The minimum absolute atomic E-state index is 0.193. The van der Waals surface area contributed by atoms with Gasteiger partial charge < -0.3 is 10.4 Å². The summed E-state index contributed by atoms with van der Waals surface area (Å²) >= 11 is 0. The van der Waals surface area contributed by atoms with Crippen LogP contribution in [0.5, 0.6) is 5.75 Å². The Balaban J connectivity index is 2.09. The number of hydrogen-bond acceptors (Lipinski definition) is 2. The van der Waals surface area contributed by atoms with Crippen LogP contribution < -0.4 is 5.32 Å². The zero-order valence-electron chi connectivity index (χ0n) is 11.6. The van der Waals surface area contributed by atoms with E-state index in [-0.39, 0.29) is 11.7 Å². The molecule has 2 N–H and O–H groups in total. The third kappa shape index (κ3) is 3.26. The van der Waals surface area contributed by atoms with Crippen LogP contribution in [0.25, 0.3) is 6.08 Å². The third-order valence-electron chi connectivity index (χ3n) is 3.24. The molecule has 0 unspecified atom stereocenters. The molecule has 0 bridgehead atoms. The van der Waals surface area contributed by atoms with Crippen molar-refractivity contribution in [1.29, 1.82) is 0 Å². The lowest BCUT2D eigenvalue weighted by Crippen LogP contribution is -2.09. The maximum atomic E-state index is 11.9. The summed E-state index contributed by atoms with van der Waals surface area (Å²) in [7, 11) is 0. The molecule has 0 aliphatic heterocycles. The molecule has 0 spiro atoms. The van der Waals surface area contributed by atoms with E-state index in [4.69, 9.17) is 0 Å². The lowest BCUT2D eigenvalue weighted by molar-refractivity contribution is -0.111. The normalized spacial score (nSPS) is 10.7. The summed E-state index contributed by atoms with van der Waals surface area (Å²) in [6.07, 6.45) is 3.26. The minimum Gasteiger partial charge on any atom is -0.508 e. The van der Waals surface area contributed by atoms with Crippen molar-refractivity contribution in [3.05, 3.63) is 65.2 Å². The Morgan fingerprint density at radius 1 is 1.05 bits per heavy atom. The second-order valence-electron chi connectivity index (χ2n) is 4.62. The number of rotatable bonds is 3. The van der Waals surface area contributed by atoms with Crippen molar-refractivity contribution < 1.29 is 9.90 Å². The number of carbonyl (C=O) groups excluding carboxylic acids is 1. The first-order valence-electron chi connectivity index (χ1n) is 6.41. The highest BCUT2D eigenvalue weighted by molar-refractivity contribution is 6.02. The standard InChI is InChI=1S/C17H17NO2/c1-12-13(2)16(19)10-9-15(12)18-17(20)11-8-14-6-4-3-5-7-14/h3-11,19H,1-2H3,(H,18,20). The van der Waals surface area contributed by atoms with E-state index in [2.05, 4.69) is 5.32 Å². The number of amides is 1. The summed E-state index contributed by atoms with van der Waals surface area (Å²) in [6, 6.07) is 12.9. The van der Waals surface area contributed by atoms with Crippen molar-refractivity contribution in [2.45, 2.75) is 13.8 Å². The van der Waals surface area contributed by atoms with E-state index in [0.29, 0.717) is 5.69 Å². The van der Waals surface area contributed by atoms with E-state index in [9.17, 15) is 9.90 Å². The largest absolute Gasteiger partial charge is 0.508 e. The van der Waals surface area contributed by atoms with Gasteiger partial charge in [0.05, 0.1) is 0 Å². The van der Waals surface area contributed by atoms with Gasteiger partial charge in [0.25, 0.3) is 0 Å². The topological polar surface area (TPSA) is 49.3 Å². The van der Waals surface area contributed by atoms with Gasteiger partial charge in [0.15, 0.2) is 0 Å². The van der Waals surface area contributed by atoms with Crippen LogP contribution in [0.2, 0.25) is 0 Å². The lowest BCUT2D eigenvalue weighted by Gasteiger charge is -2.10. The number of aromatic hydroxyl groups is 1. The average molecular weight is 267 g/mol. The zero-order valence-corrected chi connectivity index (χ0v) is 11.6. The van der Waals surface area contributed by atoms with Gasteiger partial charge in [-0.25, -0.2) is 0 Å². The summed E-state index contributed by atoms with van der Waals surface area (Å²) in [5.74, 6) is 0.0439. The number of anilines is 1. The molecule has 2 aromatic rings. The molecule has 0 saturated carbocycles. The average Bonchev–Trinajstić information content (AvgIpc) is 2.47. The van der Waals surface area contributed by atoms with Gasteiger partial charge >= 0.3 is 0 Å². The van der Waals surface area contributed by atoms with Gasteiger partial charge in [-0.05, 0) is 48.7 Å². The number of hydrogen-bond donors (Lipinski definition) is 2. The van der Waals surface area contributed by atoms with E-state index in [1.807, 2.05) is 44.2 Å². The fourth-order valence-electron chi connectivity index (χ4n) is 1.85. The van der Waals surface area contributed by atoms with E-state index in [0.717, 1.165) is 16.7 Å². The first kappa shape index (κ1) is 13.9. The van der Waals surface area contributed by atoms with Gasteiger partial charge in [-0.3, -0.25) is 4.79 Å². The fourth-order valence-corrected chi connectivity index (χ4v) is 1.85. The molecule has 0 heterocycles. The Kier molecular flexibility index (Phi) is 4.20. The second kappa shape index (κ2) is 6.06. The molecule has 0 aliphatic rings. The van der Waals surface area contributed by atoms with Crippen molar-refractivity contribution in [2.24, 2.45) is 0 Å². The predicted octanol–water partition coefficient (Wildman–Crippen LogP) is 3.66. The van der Waals surface area contributed by atoms with Gasteiger partial charge in [0.1, 0.15) is 5.75 Å². The molecule has 102 valence electrons. The molecule has 3 heteroatoms. The SMILES string of the molecule is Cc1c(O)ccc(NC(=O)C=Cc2ccccc2)c1C. The molecule has 2 aromatic carbocycles. The molecule has 20 heavy (non-hydrogen) atoms. The van der Waals surface area contributed by atoms with Crippen LogP contribution in [0.4, 0.5) is 5.69 Å². The first-order valence-corrected chi connectivity index (χ1v) is 6.41. The number of benzene rings is 2. The predicted molar refractivity (Wildman–Crippen MR) is 81.7 cm³/mol. The van der Waals surface area contributed by atoms with Crippen LogP contribution >= 0.6 is 0 Å². The summed E-state index contributed by atoms with van der Waals surface area (Å²) in [5.41, 5.74) is 3.32. The van der Waals surface area contributed by atoms with Crippen LogP contribution in [-0.4, -0.2) is 11.0 Å². The molecule has 0 fully saturated rings. The van der Waals surface area contributed by atoms with Crippen LogP contribution in [0, 0.1) is 13.8 Å². The molecule has 2 rings (SSSR count). The summed E-state index contributed by atoms with van der Waals surface area (Å²) < 4.78 is 0. The highest BCUT2D eigenvalue weighted by Gasteiger charge is 2.06. The van der Waals surface area contributed by atoms with Crippen molar-refractivity contribution in [1.82, 2.24) is 0 Å².